The van der Waals surface area contributed by atoms with E-state index in [2.05, 4.69) is 177 Å². The van der Waals surface area contributed by atoms with Gasteiger partial charge in [0.2, 0.25) is 8.07 Å². The minimum atomic E-state index is -3.16. The molecule has 10 rings (SSSR count). The van der Waals surface area contributed by atoms with E-state index in [1.807, 2.05) is 24.8 Å². The van der Waals surface area contributed by atoms with Crippen LogP contribution in [0, 0.1) is 0 Å². The smallest absolute Gasteiger partial charge is 0.223 e. The molecule has 0 aliphatic carbocycles. The molecule has 0 spiro atoms. The fraction of sp³-hybridized carbons (Fsp3) is 0. The lowest BCUT2D eigenvalue weighted by molar-refractivity contribution is 1.16. The van der Waals surface area contributed by atoms with Crippen LogP contribution in [0.5, 0.6) is 0 Å². The number of para-hydroxylation sites is 2. The molecular formula is C44H30N6Si. The van der Waals surface area contributed by atoms with Crippen molar-refractivity contribution < 1.29 is 0 Å². The Balaban J connectivity index is 1.35. The Bertz CT molecular complexity index is 2650. The van der Waals surface area contributed by atoms with E-state index >= 15 is 0 Å². The van der Waals surface area contributed by atoms with Crippen LogP contribution in [0.15, 0.2) is 183 Å². The van der Waals surface area contributed by atoms with E-state index in [0.717, 1.165) is 65.6 Å². The van der Waals surface area contributed by atoms with Crippen LogP contribution in [-0.4, -0.2) is 37.1 Å². The monoisotopic (exact) mass is 670 g/mol. The van der Waals surface area contributed by atoms with E-state index in [1.165, 1.54) is 10.4 Å². The normalized spacial score (nSPS) is 11.9. The molecule has 0 unspecified atom stereocenters. The van der Waals surface area contributed by atoms with Gasteiger partial charge in [-0.3, -0.25) is 19.9 Å². The van der Waals surface area contributed by atoms with Crippen LogP contribution in [0.2, 0.25) is 0 Å². The van der Waals surface area contributed by atoms with Crippen molar-refractivity contribution in [1.82, 2.24) is 29.1 Å². The molecule has 0 aliphatic rings. The first-order valence-electron chi connectivity index (χ1n) is 17.0. The van der Waals surface area contributed by atoms with Crippen molar-refractivity contribution in [2.24, 2.45) is 0 Å². The van der Waals surface area contributed by atoms with Gasteiger partial charge in [-0.25, -0.2) is 0 Å². The lowest BCUT2D eigenvalue weighted by Gasteiger charge is -2.32. The Morgan fingerprint density at radius 1 is 0.373 bits per heavy atom. The summed E-state index contributed by atoms with van der Waals surface area (Å²) in [7, 11) is -3.16. The molecule has 0 fully saturated rings. The molecule has 7 heteroatoms. The fourth-order valence-corrected chi connectivity index (χ4v) is 12.3. The maximum absolute atomic E-state index is 5.44. The molecule has 6 nitrogen and oxygen atoms in total. The molecule has 6 aromatic heterocycles. The number of aromatic nitrogens is 6. The summed E-state index contributed by atoms with van der Waals surface area (Å²) in [4.78, 5) is 20.0. The SMILES string of the molecule is c1ccc(-n2c3cnccc3c3cnc([Si](c4ccccc4)(c4ccccc4)c4cc5c(cn4)c4ccncc4n5-c4ccccc4)cc32)cc1. The van der Waals surface area contributed by atoms with Crippen molar-refractivity contribution in [3.8, 4) is 11.4 Å². The van der Waals surface area contributed by atoms with Crippen LogP contribution in [0.4, 0.5) is 0 Å². The highest BCUT2D eigenvalue weighted by atomic mass is 28.3. The maximum Gasteiger partial charge on any atom is 0.223 e. The quantitative estimate of drug-likeness (QED) is 0.182. The summed E-state index contributed by atoms with van der Waals surface area (Å²) in [6, 6.07) is 51.6. The number of nitrogens with zero attached hydrogens (tertiary/aromatic N) is 6. The van der Waals surface area contributed by atoms with Crippen molar-refractivity contribution in [2.45, 2.75) is 0 Å². The van der Waals surface area contributed by atoms with Crippen LogP contribution < -0.4 is 21.0 Å². The second-order valence-corrected chi connectivity index (χ2v) is 16.5. The molecule has 0 N–H and O–H groups in total. The van der Waals surface area contributed by atoms with Gasteiger partial charge in [-0.15, -0.1) is 0 Å². The highest BCUT2D eigenvalue weighted by molar-refractivity contribution is 7.19. The Morgan fingerprint density at radius 3 is 1.18 bits per heavy atom. The third-order valence-corrected chi connectivity index (χ3v) is 14.6. The van der Waals surface area contributed by atoms with Gasteiger partial charge in [0.1, 0.15) is 0 Å². The molecule has 0 saturated heterocycles. The Hall–Kier alpha value is -6.70. The van der Waals surface area contributed by atoms with Gasteiger partial charge in [0.05, 0.1) is 34.5 Å². The van der Waals surface area contributed by atoms with Crippen LogP contribution >= 0.6 is 0 Å². The van der Waals surface area contributed by atoms with Crippen LogP contribution in [-0.2, 0) is 0 Å². The van der Waals surface area contributed by atoms with Gasteiger partial charge in [0, 0.05) is 68.3 Å². The Morgan fingerprint density at radius 2 is 0.765 bits per heavy atom. The summed E-state index contributed by atoms with van der Waals surface area (Å²) < 4.78 is 4.63. The van der Waals surface area contributed by atoms with Gasteiger partial charge in [0.15, 0.2) is 0 Å². The van der Waals surface area contributed by atoms with Crippen LogP contribution in [0.25, 0.3) is 55.0 Å². The molecule has 10 aromatic rings. The number of rotatable bonds is 6. The predicted molar refractivity (Wildman–Crippen MR) is 210 cm³/mol. The predicted octanol–water partition coefficient (Wildman–Crippen LogP) is 6.84. The lowest BCUT2D eigenvalue weighted by Crippen LogP contribution is -2.76. The van der Waals surface area contributed by atoms with Gasteiger partial charge in [-0.2, -0.15) is 0 Å². The van der Waals surface area contributed by atoms with Crippen LogP contribution in [0.3, 0.4) is 0 Å². The van der Waals surface area contributed by atoms with Crippen molar-refractivity contribution in [1.29, 1.82) is 0 Å². The average Bonchev–Trinajstić information content (AvgIpc) is 3.72. The fourth-order valence-electron chi connectivity index (χ4n) is 7.90. The molecule has 0 saturated carbocycles. The highest BCUT2D eigenvalue weighted by Crippen LogP contribution is 2.32. The van der Waals surface area contributed by atoms with Crippen molar-refractivity contribution in [3.05, 3.63) is 183 Å². The van der Waals surface area contributed by atoms with E-state index in [1.54, 1.807) is 0 Å². The topological polar surface area (TPSA) is 61.4 Å². The molecule has 4 aromatic carbocycles. The first-order chi connectivity index (χ1) is 25.3. The van der Waals surface area contributed by atoms with Crippen LogP contribution in [0.1, 0.15) is 0 Å². The van der Waals surface area contributed by atoms with E-state index < -0.39 is 8.07 Å². The highest BCUT2D eigenvalue weighted by Gasteiger charge is 2.45. The second kappa shape index (κ2) is 11.7. The average molecular weight is 671 g/mol. The van der Waals surface area contributed by atoms with Gasteiger partial charge in [-0.1, -0.05) is 97.1 Å². The maximum atomic E-state index is 5.44. The summed E-state index contributed by atoms with van der Waals surface area (Å²) in [5.74, 6) is 0. The molecule has 0 atom stereocenters. The van der Waals surface area contributed by atoms with E-state index in [0.29, 0.717) is 0 Å². The van der Waals surface area contributed by atoms with Crippen molar-refractivity contribution >= 4 is 72.7 Å². The molecule has 0 radical (unpaired) electrons. The lowest BCUT2D eigenvalue weighted by atomic mass is 10.2. The van der Waals surface area contributed by atoms with Gasteiger partial charge in [0.25, 0.3) is 0 Å². The van der Waals surface area contributed by atoms with E-state index in [9.17, 15) is 0 Å². The minimum Gasteiger partial charge on any atom is -0.308 e. The number of fused-ring (bicyclic) bond motifs is 6. The number of benzene rings is 4. The summed E-state index contributed by atoms with van der Waals surface area (Å²) in [6.45, 7) is 0. The number of hydrogen-bond donors (Lipinski definition) is 0. The molecule has 0 aliphatic heterocycles. The minimum absolute atomic E-state index is 1.01. The summed E-state index contributed by atoms with van der Waals surface area (Å²) in [6.07, 6.45) is 11.7. The summed E-state index contributed by atoms with van der Waals surface area (Å²) in [5.41, 5.74) is 6.42. The van der Waals surface area contributed by atoms with Gasteiger partial charge in [-0.05, 0) is 58.9 Å². The standard InChI is InChI=1S/C44H30N6Si/c1-5-13-31(14-6-1)49-39-25-43(47-27-37(39)35-21-23-45-29-41(35)49)51(33-17-9-3-10-18-33,34-19-11-4-12-20-34)44-26-40-38(28-48-44)36-22-24-46-30-42(36)50(40)32-15-7-2-8-16-32/h1-30H. The number of hydrogen-bond acceptors (Lipinski definition) is 4. The number of pyridine rings is 4. The molecule has 240 valence electrons. The first-order valence-corrected chi connectivity index (χ1v) is 19.0. The summed E-state index contributed by atoms with van der Waals surface area (Å²) >= 11 is 0. The molecular weight excluding hydrogens is 641 g/mol. The zero-order valence-corrected chi connectivity index (χ0v) is 28.5. The third kappa shape index (κ3) is 4.42. The zero-order valence-electron chi connectivity index (χ0n) is 27.5. The second-order valence-electron chi connectivity index (χ2n) is 12.8. The Kier molecular flexibility index (Phi) is 6.72. The largest absolute Gasteiger partial charge is 0.308 e. The van der Waals surface area contributed by atoms with E-state index in [-0.39, 0.29) is 0 Å². The molecule has 0 bridgehead atoms. The molecule has 6 heterocycles. The van der Waals surface area contributed by atoms with Crippen molar-refractivity contribution in [2.75, 3.05) is 0 Å². The van der Waals surface area contributed by atoms with Gasteiger partial charge < -0.3 is 9.13 Å². The molecule has 0 amide bonds. The zero-order chi connectivity index (χ0) is 33.8. The first kappa shape index (κ1) is 29.2. The summed E-state index contributed by atoms with van der Waals surface area (Å²) in [5, 5.41) is 8.86. The third-order valence-electron chi connectivity index (χ3n) is 10.1. The Labute approximate surface area is 295 Å². The van der Waals surface area contributed by atoms with Gasteiger partial charge >= 0.3 is 0 Å². The van der Waals surface area contributed by atoms with E-state index in [4.69, 9.17) is 9.97 Å². The van der Waals surface area contributed by atoms with Crippen molar-refractivity contribution in [3.63, 3.8) is 0 Å². The molecule has 51 heavy (non-hydrogen) atoms.